The first-order valence-corrected chi connectivity index (χ1v) is 6.60. The molecule has 4 nitrogen and oxygen atoms in total. The smallest absolute Gasteiger partial charge is 0.335 e. The van der Waals surface area contributed by atoms with Crippen molar-refractivity contribution in [3.05, 3.63) is 53.1 Å². The molecule has 2 N–H and O–H groups in total. The monoisotopic (exact) mass is 288 g/mol. The number of aliphatic carboxylic acids is 1. The van der Waals surface area contributed by atoms with Gasteiger partial charge in [-0.2, -0.15) is 0 Å². The fraction of sp³-hybridized carbons (Fsp3) is 0.294. The molecule has 0 heterocycles. The van der Waals surface area contributed by atoms with E-state index in [1.165, 1.54) is 6.08 Å². The zero-order valence-corrected chi connectivity index (χ0v) is 12.5. The molecule has 0 bridgehead atoms. The van der Waals surface area contributed by atoms with Gasteiger partial charge in [-0.1, -0.05) is 45.6 Å². The van der Waals surface area contributed by atoms with Gasteiger partial charge in [-0.3, -0.25) is 0 Å². The average Bonchev–Trinajstić information content (AvgIpc) is 2.35. The fourth-order valence-electron chi connectivity index (χ4n) is 2.41. The normalized spacial score (nSPS) is 11.6. The topological polar surface area (TPSA) is 74.6 Å². The minimum absolute atomic E-state index is 0.195. The molecule has 0 saturated heterocycles. The largest absolute Gasteiger partial charge is 0.478 e. The van der Waals surface area contributed by atoms with Gasteiger partial charge in [0.15, 0.2) is 0 Å². The minimum atomic E-state index is -1.05. The number of carboxylic acids is 2. The standard InChI is InChI=1S/C17H20O4/c1-5-11-9-10-13(16(20)21)12(7-6-8-14(18)19)15(11)17(2,3)4/h5-6,8-10H,1,7H2,2-4H3,(H,18,19)(H,20,21)/b8-6+. The molecule has 1 aromatic carbocycles. The summed E-state index contributed by atoms with van der Waals surface area (Å²) in [5.41, 5.74) is 2.30. The molecule has 0 aliphatic carbocycles. The van der Waals surface area contributed by atoms with Crippen molar-refractivity contribution >= 4 is 18.0 Å². The van der Waals surface area contributed by atoms with E-state index in [0.717, 1.165) is 17.2 Å². The number of benzene rings is 1. The van der Waals surface area contributed by atoms with Crippen molar-refractivity contribution in [3.8, 4) is 0 Å². The summed E-state index contributed by atoms with van der Waals surface area (Å²) >= 11 is 0. The van der Waals surface area contributed by atoms with Gasteiger partial charge in [-0.05, 0) is 34.6 Å². The Hall–Kier alpha value is -2.36. The summed E-state index contributed by atoms with van der Waals surface area (Å²) in [5, 5.41) is 18.0. The van der Waals surface area contributed by atoms with Crippen LogP contribution in [-0.2, 0) is 16.6 Å². The zero-order valence-electron chi connectivity index (χ0n) is 12.5. The first kappa shape index (κ1) is 16.7. The first-order valence-electron chi connectivity index (χ1n) is 6.60. The molecule has 0 saturated carbocycles. The highest BCUT2D eigenvalue weighted by atomic mass is 16.4. The van der Waals surface area contributed by atoms with E-state index in [1.807, 2.05) is 20.8 Å². The molecule has 1 rings (SSSR count). The van der Waals surface area contributed by atoms with E-state index < -0.39 is 11.9 Å². The van der Waals surface area contributed by atoms with E-state index >= 15 is 0 Å². The maximum Gasteiger partial charge on any atom is 0.335 e. The first-order chi connectivity index (χ1) is 9.68. The van der Waals surface area contributed by atoms with Crippen molar-refractivity contribution in [2.45, 2.75) is 32.6 Å². The number of hydrogen-bond donors (Lipinski definition) is 2. The molecule has 112 valence electrons. The number of carboxylic acid groups (broad SMARTS) is 2. The van der Waals surface area contributed by atoms with Gasteiger partial charge in [0.2, 0.25) is 0 Å². The Morgan fingerprint density at radius 1 is 1.24 bits per heavy atom. The van der Waals surface area contributed by atoms with Gasteiger partial charge in [0, 0.05) is 6.08 Å². The Labute approximate surface area is 124 Å². The van der Waals surface area contributed by atoms with Gasteiger partial charge in [0.25, 0.3) is 0 Å². The van der Waals surface area contributed by atoms with Crippen molar-refractivity contribution in [3.63, 3.8) is 0 Å². The molecule has 0 amide bonds. The predicted octanol–water partition coefficient (Wildman–Crippen LogP) is 3.51. The maximum atomic E-state index is 11.4. The molecule has 4 heteroatoms. The molecule has 0 atom stereocenters. The quantitative estimate of drug-likeness (QED) is 0.813. The summed E-state index contributed by atoms with van der Waals surface area (Å²) in [4.78, 5) is 22.0. The highest BCUT2D eigenvalue weighted by Gasteiger charge is 2.24. The van der Waals surface area contributed by atoms with Gasteiger partial charge in [-0.15, -0.1) is 0 Å². The number of hydrogen-bond acceptors (Lipinski definition) is 2. The predicted molar refractivity (Wildman–Crippen MR) is 82.7 cm³/mol. The highest BCUT2D eigenvalue weighted by Crippen LogP contribution is 2.33. The SMILES string of the molecule is C=Cc1ccc(C(=O)O)c(C/C=C/C(=O)O)c1C(C)(C)C. The van der Waals surface area contributed by atoms with Crippen LogP contribution in [0.15, 0.2) is 30.9 Å². The minimum Gasteiger partial charge on any atom is -0.478 e. The van der Waals surface area contributed by atoms with Gasteiger partial charge in [0.05, 0.1) is 5.56 Å². The van der Waals surface area contributed by atoms with Gasteiger partial charge >= 0.3 is 11.9 Å². The summed E-state index contributed by atoms with van der Waals surface area (Å²) in [5.74, 6) is -2.07. The van der Waals surface area contributed by atoms with Gasteiger partial charge in [0.1, 0.15) is 0 Å². The highest BCUT2D eigenvalue weighted by molar-refractivity contribution is 5.91. The Kier molecular flexibility index (Phi) is 5.08. The van der Waals surface area contributed by atoms with Crippen molar-refractivity contribution < 1.29 is 19.8 Å². The molecular formula is C17H20O4. The van der Waals surface area contributed by atoms with E-state index in [9.17, 15) is 14.7 Å². The number of allylic oxidation sites excluding steroid dienone is 1. The van der Waals surface area contributed by atoms with Crippen LogP contribution in [0.3, 0.4) is 0 Å². The van der Waals surface area contributed by atoms with Gasteiger partial charge in [-0.25, -0.2) is 9.59 Å². The van der Waals surface area contributed by atoms with Crippen LogP contribution < -0.4 is 0 Å². The number of carbonyl (C=O) groups is 2. The van der Waals surface area contributed by atoms with Crippen molar-refractivity contribution in [2.24, 2.45) is 0 Å². The summed E-state index contributed by atoms with van der Waals surface area (Å²) in [6.45, 7) is 9.74. The van der Waals surface area contributed by atoms with Crippen LogP contribution in [0.5, 0.6) is 0 Å². The Bertz CT molecular complexity index is 604. The van der Waals surface area contributed by atoms with Gasteiger partial charge < -0.3 is 10.2 Å². The van der Waals surface area contributed by atoms with E-state index in [2.05, 4.69) is 6.58 Å². The molecular weight excluding hydrogens is 268 g/mol. The third kappa shape index (κ3) is 4.05. The fourth-order valence-corrected chi connectivity index (χ4v) is 2.41. The average molecular weight is 288 g/mol. The van der Waals surface area contributed by atoms with E-state index in [0.29, 0.717) is 5.56 Å². The lowest BCUT2D eigenvalue weighted by Crippen LogP contribution is -2.19. The summed E-state index contributed by atoms with van der Waals surface area (Å²) in [6.07, 6.45) is 4.43. The summed E-state index contributed by atoms with van der Waals surface area (Å²) in [6, 6.07) is 3.28. The maximum absolute atomic E-state index is 11.4. The molecule has 0 aliphatic rings. The second-order valence-electron chi connectivity index (χ2n) is 5.76. The van der Waals surface area contributed by atoms with E-state index in [4.69, 9.17) is 5.11 Å². The van der Waals surface area contributed by atoms with Crippen LogP contribution in [0.4, 0.5) is 0 Å². The number of rotatable bonds is 5. The van der Waals surface area contributed by atoms with Crippen molar-refractivity contribution in [1.82, 2.24) is 0 Å². The molecule has 0 aromatic heterocycles. The van der Waals surface area contributed by atoms with Crippen LogP contribution in [-0.4, -0.2) is 22.2 Å². The second-order valence-corrected chi connectivity index (χ2v) is 5.76. The lowest BCUT2D eigenvalue weighted by Gasteiger charge is -2.26. The lowest BCUT2D eigenvalue weighted by molar-refractivity contribution is -0.131. The number of aromatic carboxylic acids is 1. The molecule has 0 aliphatic heterocycles. The van der Waals surface area contributed by atoms with Crippen LogP contribution in [0.25, 0.3) is 6.08 Å². The van der Waals surface area contributed by atoms with Crippen LogP contribution in [0.2, 0.25) is 0 Å². The molecule has 0 fully saturated rings. The summed E-state index contributed by atoms with van der Waals surface area (Å²) in [7, 11) is 0. The molecule has 21 heavy (non-hydrogen) atoms. The Morgan fingerprint density at radius 3 is 2.29 bits per heavy atom. The van der Waals surface area contributed by atoms with Crippen LogP contribution in [0.1, 0.15) is 47.8 Å². The van der Waals surface area contributed by atoms with E-state index in [-0.39, 0.29) is 17.4 Å². The Balaban J connectivity index is 3.55. The second kappa shape index (κ2) is 6.39. The van der Waals surface area contributed by atoms with Crippen molar-refractivity contribution in [1.29, 1.82) is 0 Å². The molecule has 0 unspecified atom stereocenters. The lowest BCUT2D eigenvalue weighted by atomic mass is 9.78. The third-order valence-corrected chi connectivity index (χ3v) is 3.13. The molecule has 0 spiro atoms. The molecule has 0 radical (unpaired) electrons. The third-order valence-electron chi connectivity index (χ3n) is 3.13. The zero-order chi connectivity index (χ0) is 16.2. The van der Waals surface area contributed by atoms with Crippen molar-refractivity contribution in [2.75, 3.05) is 0 Å². The van der Waals surface area contributed by atoms with Crippen LogP contribution in [0, 0.1) is 0 Å². The summed E-state index contributed by atoms with van der Waals surface area (Å²) < 4.78 is 0. The Morgan fingerprint density at radius 2 is 1.86 bits per heavy atom. The van der Waals surface area contributed by atoms with E-state index in [1.54, 1.807) is 18.2 Å². The van der Waals surface area contributed by atoms with Crippen LogP contribution >= 0.6 is 0 Å². The molecule has 1 aromatic rings.